The van der Waals surface area contributed by atoms with E-state index in [0.29, 0.717) is 0 Å². The Hall–Kier alpha value is -0.520. The standard InChI is InChI=1S/C14H26/c1-4-7-8-9-10-13-14(11-5-2)12-6-3/h4-5,11,14H,1,6-10,12-13H2,2-3H3. The molecule has 0 N–H and O–H groups in total. The zero-order chi connectivity index (χ0) is 10.6. The van der Waals surface area contributed by atoms with Crippen molar-refractivity contribution in [2.45, 2.75) is 58.8 Å². The molecule has 0 aromatic heterocycles. The number of allylic oxidation sites excluding steroid dienone is 3. The average Bonchev–Trinajstić information content (AvgIpc) is 2.18. The van der Waals surface area contributed by atoms with Crippen molar-refractivity contribution in [2.24, 2.45) is 5.92 Å². The first-order chi connectivity index (χ1) is 6.85. The van der Waals surface area contributed by atoms with Gasteiger partial charge in [0.05, 0.1) is 0 Å². The van der Waals surface area contributed by atoms with E-state index in [1.165, 1.54) is 44.9 Å². The summed E-state index contributed by atoms with van der Waals surface area (Å²) < 4.78 is 0. The van der Waals surface area contributed by atoms with E-state index in [9.17, 15) is 0 Å². The van der Waals surface area contributed by atoms with Crippen LogP contribution in [-0.4, -0.2) is 0 Å². The fourth-order valence-electron chi connectivity index (χ4n) is 1.85. The van der Waals surface area contributed by atoms with Gasteiger partial charge in [-0.15, -0.1) is 6.58 Å². The van der Waals surface area contributed by atoms with Crippen LogP contribution in [0, 0.1) is 5.92 Å². The molecule has 0 radical (unpaired) electrons. The van der Waals surface area contributed by atoms with Gasteiger partial charge in [-0.1, -0.05) is 44.4 Å². The third-order valence-electron chi connectivity index (χ3n) is 2.61. The normalized spacial score (nSPS) is 13.3. The monoisotopic (exact) mass is 194 g/mol. The highest BCUT2D eigenvalue weighted by Crippen LogP contribution is 2.17. The SMILES string of the molecule is C=CCCCCCC(C=CC)CCC. The molecule has 14 heavy (non-hydrogen) atoms. The van der Waals surface area contributed by atoms with Crippen molar-refractivity contribution in [3.63, 3.8) is 0 Å². The van der Waals surface area contributed by atoms with Gasteiger partial charge in [0.1, 0.15) is 0 Å². The fourth-order valence-corrected chi connectivity index (χ4v) is 1.85. The van der Waals surface area contributed by atoms with E-state index >= 15 is 0 Å². The van der Waals surface area contributed by atoms with Gasteiger partial charge < -0.3 is 0 Å². The molecule has 0 spiro atoms. The molecule has 0 saturated heterocycles. The molecule has 0 aliphatic heterocycles. The summed E-state index contributed by atoms with van der Waals surface area (Å²) in [5.74, 6) is 0.828. The molecule has 82 valence electrons. The van der Waals surface area contributed by atoms with E-state index in [0.717, 1.165) is 5.92 Å². The van der Waals surface area contributed by atoms with Crippen molar-refractivity contribution < 1.29 is 0 Å². The van der Waals surface area contributed by atoms with Crippen LogP contribution in [0.3, 0.4) is 0 Å². The predicted molar refractivity (Wildman–Crippen MR) is 66.5 cm³/mol. The molecule has 0 aliphatic rings. The fraction of sp³-hybridized carbons (Fsp3) is 0.714. The lowest BCUT2D eigenvalue weighted by Gasteiger charge is -2.10. The lowest BCUT2D eigenvalue weighted by atomic mass is 9.96. The summed E-state index contributed by atoms with van der Waals surface area (Å²) in [6.45, 7) is 8.14. The Kier molecular flexibility index (Phi) is 10.2. The molecular formula is C14H26. The van der Waals surface area contributed by atoms with Gasteiger partial charge in [0.15, 0.2) is 0 Å². The maximum Gasteiger partial charge on any atom is -0.0234 e. The minimum atomic E-state index is 0.828. The minimum Gasteiger partial charge on any atom is -0.103 e. The van der Waals surface area contributed by atoms with Crippen LogP contribution in [-0.2, 0) is 0 Å². The second-order valence-corrected chi connectivity index (χ2v) is 4.00. The molecule has 0 aromatic rings. The Morgan fingerprint density at radius 3 is 2.50 bits per heavy atom. The molecule has 0 heterocycles. The summed E-state index contributed by atoms with van der Waals surface area (Å²) in [7, 11) is 0. The van der Waals surface area contributed by atoms with E-state index in [4.69, 9.17) is 0 Å². The Labute approximate surface area is 90.1 Å². The molecular weight excluding hydrogens is 168 g/mol. The van der Waals surface area contributed by atoms with E-state index in [1.807, 2.05) is 6.08 Å². The third-order valence-corrected chi connectivity index (χ3v) is 2.61. The van der Waals surface area contributed by atoms with Gasteiger partial charge >= 0.3 is 0 Å². The molecule has 1 unspecified atom stereocenters. The Morgan fingerprint density at radius 1 is 1.14 bits per heavy atom. The minimum absolute atomic E-state index is 0.828. The lowest BCUT2D eigenvalue weighted by Crippen LogP contribution is -1.95. The number of unbranched alkanes of at least 4 members (excludes halogenated alkanes) is 3. The number of rotatable bonds is 9. The van der Waals surface area contributed by atoms with Crippen molar-refractivity contribution in [3.05, 3.63) is 24.8 Å². The highest BCUT2D eigenvalue weighted by molar-refractivity contribution is 4.85. The molecule has 0 rings (SSSR count). The summed E-state index contributed by atoms with van der Waals surface area (Å²) in [4.78, 5) is 0. The van der Waals surface area contributed by atoms with E-state index in [-0.39, 0.29) is 0 Å². The molecule has 1 atom stereocenters. The number of hydrogen-bond acceptors (Lipinski definition) is 0. The van der Waals surface area contributed by atoms with Crippen molar-refractivity contribution in [3.8, 4) is 0 Å². The summed E-state index contributed by atoms with van der Waals surface area (Å²) in [5, 5.41) is 0. The maximum atomic E-state index is 3.74. The molecule has 0 aliphatic carbocycles. The maximum absolute atomic E-state index is 3.74. The van der Waals surface area contributed by atoms with Gasteiger partial charge in [-0.25, -0.2) is 0 Å². The van der Waals surface area contributed by atoms with Crippen LogP contribution in [0.15, 0.2) is 24.8 Å². The summed E-state index contributed by atoms with van der Waals surface area (Å²) in [5.41, 5.74) is 0. The smallest absolute Gasteiger partial charge is 0.0234 e. The first kappa shape index (κ1) is 13.5. The first-order valence-electron chi connectivity index (χ1n) is 6.08. The summed E-state index contributed by atoms with van der Waals surface area (Å²) in [6.07, 6.45) is 15.9. The quantitative estimate of drug-likeness (QED) is 0.353. The second kappa shape index (κ2) is 10.6. The van der Waals surface area contributed by atoms with Gasteiger partial charge in [0.2, 0.25) is 0 Å². The van der Waals surface area contributed by atoms with E-state index in [2.05, 4.69) is 32.6 Å². The van der Waals surface area contributed by atoms with Crippen molar-refractivity contribution >= 4 is 0 Å². The van der Waals surface area contributed by atoms with Crippen molar-refractivity contribution in [1.29, 1.82) is 0 Å². The van der Waals surface area contributed by atoms with Crippen LogP contribution in [0.2, 0.25) is 0 Å². The lowest BCUT2D eigenvalue weighted by molar-refractivity contribution is 0.498. The number of hydrogen-bond donors (Lipinski definition) is 0. The zero-order valence-electron chi connectivity index (χ0n) is 9.97. The first-order valence-corrected chi connectivity index (χ1v) is 6.08. The Bertz CT molecular complexity index is 144. The molecule has 0 amide bonds. The van der Waals surface area contributed by atoms with E-state index < -0.39 is 0 Å². The largest absolute Gasteiger partial charge is 0.103 e. The van der Waals surface area contributed by atoms with Crippen LogP contribution in [0.25, 0.3) is 0 Å². The molecule has 0 fully saturated rings. The van der Waals surface area contributed by atoms with Crippen LogP contribution >= 0.6 is 0 Å². The molecule has 0 aromatic carbocycles. The highest BCUT2D eigenvalue weighted by Gasteiger charge is 2.02. The van der Waals surface area contributed by atoms with Crippen LogP contribution in [0.1, 0.15) is 58.8 Å². The van der Waals surface area contributed by atoms with Crippen LogP contribution in [0.5, 0.6) is 0 Å². The van der Waals surface area contributed by atoms with E-state index in [1.54, 1.807) is 0 Å². The predicted octanol–water partition coefficient (Wildman–Crippen LogP) is 5.12. The van der Waals surface area contributed by atoms with Gasteiger partial charge in [-0.3, -0.25) is 0 Å². The summed E-state index contributed by atoms with van der Waals surface area (Å²) in [6, 6.07) is 0. The third kappa shape index (κ3) is 8.10. The Balaban J connectivity index is 3.44. The average molecular weight is 194 g/mol. The van der Waals surface area contributed by atoms with Crippen molar-refractivity contribution in [2.75, 3.05) is 0 Å². The van der Waals surface area contributed by atoms with Crippen LogP contribution in [0.4, 0.5) is 0 Å². The van der Waals surface area contributed by atoms with Gasteiger partial charge in [0.25, 0.3) is 0 Å². The Morgan fingerprint density at radius 2 is 1.93 bits per heavy atom. The molecule has 0 saturated carbocycles. The topological polar surface area (TPSA) is 0 Å². The molecule has 0 nitrogen and oxygen atoms in total. The van der Waals surface area contributed by atoms with Gasteiger partial charge in [0, 0.05) is 0 Å². The van der Waals surface area contributed by atoms with Gasteiger partial charge in [-0.2, -0.15) is 0 Å². The van der Waals surface area contributed by atoms with Gasteiger partial charge in [-0.05, 0) is 38.5 Å². The highest BCUT2D eigenvalue weighted by atomic mass is 14.1. The molecule has 0 heteroatoms. The second-order valence-electron chi connectivity index (χ2n) is 4.00. The molecule has 0 bridgehead atoms. The summed E-state index contributed by atoms with van der Waals surface area (Å²) >= 11 is 0. The van der Waals surface area contributed by atoms with Crippen molar-refractivity contribution in [1.82, 2.24) is 0 Å². The zero-order valence-corrected chi connectivity index (χ0v) is 9.97. The van der Waals surface area contributed by atoms with Crippen LogP contribution < -0.4 is 0 Å².